The van der Waals surface area contributed by atoms with E-state index in [1.807, 2.05) is 13.8 Å². The Bertz CT molecular complexity index is 334. The fraction of sp³-hybridized carbons (Fsp3) is 0.200. The van der Waals surface area contributed by atoms with Gasteiger partial charge in [-0.1, -0.05) is 5.57 Å². The predicted octanol–water partition coefficient (Wildman–Crippen LogP) is 1.81. The van der Waals surface area contributed by atoms with Crippen molar-refractivity contribution in [1.29, 1.82) is 0 Å². The van der Waals surface area contributed by atoms with Crippen molar-refractivity contribution in [3.05, 3.63) is 35.7 Å². The molecule has 1 aromatic heterocycles. The third kappa shape index (κ3) is 2.71. The summed E-state index contributed by atoms with van der Waals surface area (Å²) in [6.45, 7) is 3.74. The third-order valence-electron chi connectivity index (χ3n) is 1.46. The minimum Gasteiger partial charge on any atom is -0.397 e. The molecule has 3 heteroatoms. The standard InChI is InChI=1S/C10H12N2O/c1-7(2)5-10(13)9-4-3-8(11)6-12-9/h3-6H,11H2,1-2H3. The van der Waals surface area contributed by atoms with Crippen LogP contribution in [-0.2, 0) is 0 Å². The first-order valence-corrected chi connectivity index (χ1v) is 4.00. The van der Waals surface area contributed by atoms with Crippen LogP contribution in [0.15, 0.2) is 30.0 Å². The zero-order valence-corrected chi connectivity index (χ0v) is 7.74. The van der Waals surface area contributed by atoms with Gasteiger partial charge in [-0.05, 0) is 32.1 Å². The highest BCUT2D eigenvalue weighted by molar-refractivity contribution is 6.03. The molecule has 0 spiro atoms. The molecule has 13 heavy (non-hydrogen) atoms. The zero-order valence-electron chi connectivity index (χ0n) is 7.74. The van der Waals surface area contributed by atoms with E-state index in [9.17, 15) is 4.79 Å². The lowest BCUT2D eigenvalue weighted by Crippen LogP contribution is -1.99. The second-order valence-electron chi connectivity index (χ2n) is 3.06. The Hall–Kier alpha value is -1.64. The van der Waals surface area contributed by atoms with E-state index >= 15 is 0 Å². The number of hydrogen-bond acceptors (Lipinski definition) is 3. The van der Waals surface area contributed by atoms with Crippen molar-refractivity contribution in [2.45, 2.75) is 13.8 Å². The van der Waals surface area contributed by atoms with Crippen molar-refractivity contribution in [1.82, 2.24) is 4.98 Å². The Morgan fingerprint density at radius 2 is 2.15 bits per heavy atom. The average molecular weight is 176 g/mol. The minimum atomic E-state index is -0.0833. The number of nitrogen functional groups attached to an aromatic ring is 1. The number of rotatable bonds is 2. The summed E-state index contributed by atoms with van der Waals surface area (Å²) in [6, 6.07) is 3.29. The first-order valence-electron chi connectivity index (χ1n) is 4.00. The summed E-state index contributed by atoms with van der Waals surface area (Å²) >= 11 is 0. The molecule has 0 aromatic carbocycles. The van der Waals surface area contributed by atoms with Crippen LogP contribution in [-0.4, -0.2) is 10.8 Å². The summed E-state index contributed by atoms with van der Waals surface area (Å²) in [6.07, 6.45) is 3.03. The Morgan fingerprint density at radius 3 is 2.62 bits per heavy atom. The number of allylic oxidation sites excluding steroid dienone is 2. The number of anilines is 1. The van der Waals surface area contributed by atoms with Gasteiger partial charge in [-0.15, -0.1) is 0 Å². The third-order valence-corrected chi connectivity index (χ3v) is 1.46. The molecule has 2 N–H and O–H groups in total. The van der Waals surface area contributed by atoms with Gasteiger partial charge in [-0.3, -0.25) is 9.78 Å². The number of carbonyl (C=O) groups is 1. The van der Waals surface area contributed by atoms with Crippen LogP contribution in [0.25, 0.3) is 0 Å². The molecule has 0 aliphatic rings. The molecule has 0 aliphatic heterocycles. The van der Waals surface area contributed by atoms with E-state index in [-0.39, 0.29) is 5.78 Å². The second kappa shape index (κ2) is 3.85. The Labute approximate surface area is 77.3 Å². The fourth-order valence-corrected chi connectivity index (χ4v) is 0.887. The smallest absolute Gasteiger partial charge is 0.204 e. The van der Waals surface area contributed by atoms with Crippen LogP contribution >= 0.6 is 0 Å². The predicted molar refractivity (Wildman–Crippen MR) is 52.4 cm³/mol. The monoisotopic (exact) mass is 176 g/mol. The molecule has 1 rings (SSSR count). The number of ketones is 1. The SMILES string of the molecule is CC(C)=CC(=O)c1ccc(N)cn1. The normalized spacial score (nSPS) is 9.38. The highest BCUT2D eigenvalue weighted by atomic mass is 16.1. The molecule has 0 fully saturated rings. The Morgan fingerprint density at radius 1 is 1.46 bits per heavy atom. The van der Waals surface area contributed by atoms with E-state index < -0.39 is 0 Å². The van der Waals surface area contributed by atoms with E-state index in [4.69, 9.17) is 5.73 Å². The summed E-state index contributed by atoms with van der Waals surface area (Å²) in [7, 11) is 0. The summed E-state index contributed by atoms with van der Waals surface area (Å²) in [5.41, 5.74) is 7.39. The van der Waals surface area contributed by atoms with Gasteiger partial charge in [-0.2, -0.15) is 0 Å². The lowest BCUT2D eigenvalue weighted by Gasteiger charge is -1.96. The fourth-order valence-electron chi connectivity index (χ4n) is 0.887. The van der Waals surface area contributed by atoms with Crippen LogP contribution in [0, 0.1) is 0 Å². The van der Waals surface area contributed by atoms with E-state index in [0.29, 0.717) is 11.4 Å². The average Bonchev–Trinajstić information content (AvgIpc) is 2.04. The number of nitrogens with two attached hydrogens (primary N) is 1. The van der Waals surface area contributed by atoms with Gasteiger partial charge >= 0.3 is 0 Å². The van der Waals surface area contributed by atoms with E-state index in [0.717, 1.165) is 5.57 Å². The number of nitrogens with zero attached hydrogens (tertiary/aromatic N) is 1. The van der Waals surface area contributed by atoms with E-state index in [2.05, 4.69) is 4.98 Å². The van der Waals surface area contributed by atoms with E-state index in [1.165, 1.54) is 6.20 Å². The van der Waals surface area contributed by atoms with Gasteiger partial charge in [0.25, 0.3) is 0 Å². The number of hydrogen-bond donors (Lipinski definition) is 1. The molecule has 0 saturated carbocycles. The van der Waals surface area contributed by atoms with E-state index in [1.54, 1.807) is 18.2 Å². The lowest BCUT2D eigenvalue weighted by atomic mass is 10.2. The highest BCUT2D eigenvalue weighted by Crippen LogP contribution is 2.03. The molecule has 1 heterocycles. The summed E-state index contributed by atoms with van der Waals surface area (Å²) < 4.78 is 0. The molecular formula is C10H12N2O. The van der Waals surface area contributed by atoms with Crippen LogP contribution < -0.4 is 5.73 Å². The van der Waals surface area contributed by atoms with Gasteiger partial charge in [0.1, 0.15) is 5.69 Å². The Kier molecular flexibility index (Phi) is 2.80. The summed E-state index contributed by atoms with van der Waals surface area (Å²) in [4.78, 5) is 15.3. The second-order valence-corrected chi connectivity index (χ2v) is 3.06. The van der Waals surface area contributed by atoms with Crippen molar-refractivity contribution >= 4 is 11.5 Å². The molecular weight excluding hydrogens is 164 g/mol. The van der Waals surface area contributed by atoms with Crippen LogP contribution in [0.4, 0.5) is 5.69 Å². The van der Waals surface area contributed by atoms with Crippen molar-refractivity contribution in [3.8, 4) is 0 Å². The van der Waals surface area contributed by atoms with Gasteiger partial charge in [0, 0.05) is 0 Å². The summed E-state index contributed by atoms with van der Waals surface area (Å²) in [5.74, 6) is -0.0833. The quantitative estimate of drug-likeness (QED) is 0.552. The maximum Gasteiger partial charge on any atom is 0.204 e. The van der Waals surface area contributed by atoms with Crippen LogP contribution in [0.2, 0.25) is 0 Å². The van der Waals surface area contributed by atoms with Crippen molar-refractivity contribution < 1.29 is 4.79 Å². The molecule has 0 atom stereocenters. The van der Waals surface area contributed by atoms with Crippen LogP contribution in [0.5, 0.6) is 0 Å². The highest BCUT2D eigenvalue weighted by Gasteiger charge is 2.02. The number of carbonyl (C=O) groups excluding carboxylic acids is 1. The topological polar surface area (TPSA) is 56.0 Å². The Balaban J connectivity index is 2.90. The van der Waals surface area contributed by atoms with Crippen LogP contribution in [0.1, 0.15) is 24.3 Å². The van der Waals surface area contributed by atoms with Gasteiger partial charge in [0.05, 0.1) is 11.9 Å². The van der Waals surface area contributed by atoms with Gasteiger partial charge in [0.15, 0.2) is 0 Å². The molecule has 0 radical (unpaired) electrons. The van der Waals surface area contributed by atoms with Gasteiger partial charge in [-0.25, -0.2) is 0 Å². The van der Waals surface area contributed by atoms with Gasteiger partial charge < -0.3 is 5.73 Å². The van der Waals surface area contributed by atoms with Crippen molar-refractivity contribution in [3.63, 3.8) is 0 Å². The molecule has 0 aliphatic carbocycles. The van der Waals surface area contributed by atoms with Crippen molar-refractivity contribution in [2.75, 3.05) is 5.73 Å². The molecule has 1 aromatic rings. The van der Waals surface area contributed by atoms with Gasteiger partial charge in [0.2, 0.25) is 5.78 Å². The molecule has 68 valence electrons. The molecule has 0 amide bonds. The minimum absolute atomic E-state index is 0.0833. The molecule has 0 bridgehead atoms. The molecule has 0 unspecified atom stereocenters. The first-order chi connectivity index (χ1) is 6.09. The maximum absolute atomic E-state index is 11.4. The first kappa shape index (κ1) is 9.45. The zero-order chi connectivity index (χ0) is 9.84. The summed E-state index contributed by atoms with van der Waals surface area (Å²) in [5, 5.41) is 0. The lowest BCUT2D eigenvalue weighted by molar-refractivity contribution is 0.104. The number of aromatic nitrogens is 1. The maximum atomic E-state index is 11.4. The molecule has 3 nitrogen and oxygen atoms in total. The van der Waals surface area contributed by atoms with Crippen molar-refractivity contribution in [2.24, 2.45) is 0 Å². The van der Waals surface area contributed by atoms with Crippen LogP contribution in [0.3, 0.4) is 0 Å². The largest absolute Gasteiger partial charge is 0.397 e. The molecule has 0 saturated heterocycles. The number of pyridine rings is 1.